The van der Waals surface area contributed by atoms with Gasteiger partial charge in [-0.2, -0.15) is 0 Å². The molecule has 4 N–H and O–H groups in total. The van der Waals surface area contributed by atoms with Crippen LogP contribution < -0.4 is 21.3 Å². The molecule has 0 aliphatic heterocycles. The van der Waals surface area contributed by atoms with E-state index < -0.39 is 23.6 Å². The summed E-state index contributed by atoms with van der Waals surface area (Å²) in [6.07, 6.45) is 8.21. The lowest BCUT2D eigenvalue weighted by Gasteiger charge is -2.12. The summed E-state index contributed by atoms with van der Waals surface area (Å²) in [7, 11) is 0. The molecule has 194 valence electrons. The molecule has 38 heavy (non-hydrogen) atoms. The number of amides is 4. The number of rotatable bonds is 11. The van der Waals surface area contributed by atoms with E-state index >= 15 is 0 Å². The monoisotopic (exact) mass is 518 g/mol. The molecular formula is C26H22N4O8. The van der Waals surface area contributed by atoms with E-state index in [1.165, 1.54) is 49.3 Å². The van der Waals surface area contributed by atoms with Crippen LogP contribution in [-0.4, -0.2) is 36.7 Å². The minimum Gasteiger partial charge on any atom is -0.465 e. The maximum atomic E-state index is 12.8. The minimum atomic E-state index is -0.631. The summed E-state index contributed by atoms with van der Waals surface area (Å²) in [6.45, 7) is -0.00624. The van der Waals surface area contributed by atoms with Crippen LogP contribution in [0.5, 0.6) is 0 Å². The van der Waals surface area contributed by atoms with Gasteiger partial charge in [-0.05, 0) is 48.5 Å². The van der Waals surface area contributed by atoms with E-state index in [4.69, 9.17) is 17.7 Å². The lowest BCUT2D eigenvalue weighted by atomic mass is 10.3. The summed E-state index contributed by atoms with van der Waals surface area (Å²) in [5.74, 6) is -1.81. The maximum absolute atomic E-state index is 12.8. The summed E-state index contributed by atoms with van der Waals surface area (Å²) < 4.78 is 20.6. The fraction of sp³-hybridized carbons (Fsp3) is 0.0769. The van der Waals surface area contributed by atoms with E-state index in [1.807, 2.05) is 0 Å². The van der Waals surface area contributed by atoms with E-state index in [0.29, 0.717) is 11.5 Å². The van der Waals surface area contributed by atoms with Crippen molar-refractivity contribution in [2.24, 2.45) is 0 Å². The van der Waals surface area contributed by atoms with Crippen LogP contribution in [-0.2, 0) is 9.59 Å². The quantitative estimate of drug-likeness (QED) is 0.173. The van der Waals surface area contributed by atoms with Crippen molar-refractivity contribution in [3.05, 3.63) is 108 Å². The summed E-state index contributed by atoms with van der Waals surface area (Å²) in [6, 6.07) is 12.5. The van der Waals surface area contributed by atoms with Gasteiger partial charge in [-0.1, -0.05) is 0 Å². The Morgan fingerprint density at radius 2 is 0.974 bits per heavy atom. The molecule has 0 bridgehead atoms. The highest BCUT2D eigenvalue weighted by Gasteiger charge is 2.18. The highest BCUT2D eigenvalue weighted by molar-refractivity contribution is 6.05. The summed E-state index contributed by atoms with van der Waals surface area (Å²) in [5, 5.41) is 10.2. The SMILES string of the molecule is O=C(NCCNC(=O)/C(=C\c1ccco1)NC(=O)c1ccco1)/C(=C\c1ccco1)NC(=O)c1ccco1. The third kappa shape index (κ3) is 7.01. The Morgan fingerprint density at radius 1 is 0.579 bits per heavy atom. The van der Waals surface area contributed by atoms with E-state index in [-0.39, 0.29) is 36.0 Å². The van der Waals surface area contributed by atoms with Crippen molar-refractivity contribution in [2.75, 3.05) is 13.1 Å². The van der Waals surface area contributed by atoms with Crippen molar-refractivity contribution in [1.82, 2.24) is 21.3 Å². The Bertz CT molecular complexity index is 1300. The van der Waals surface area contributed by atoms with E-state index in [0.717, 1.165) is 0 Å². The highest BCUT2D eigenvalue weighted by atomic mass is 16.3. The number of furan rings is 4. The number of carbonyl (C=O) groups excluding carboxylic acids is 4. The van der Waals surface area contributed by atoms with Gasteiger partial charge in [-0.3, -0.25) is 19.2 Å². The van der Waals surface area contributed by atoms with Crippen molar-refractivity contribution < 1.29 is 36.8 Å². The molecule has 0 fully saturated rings. The van der Waals surface area contributed by atoms with Crippen LogP contribution in [0.25, 0.3) is 12.2 Å². The molecule has 0 aliphatic rings. The van der Waals surface area contributed by atoms with Gasteiger partial charge < -0.3 is 38.9 Å². The first-order valence-electron chi connectivity index (χ1n) is 11.3. The van der Waals surface area contributed by atoms with Gasteiger partial charge in [0.05, 0.1) is 25.1 Å². The minimum absolute atomic E-state index is 0.00312. The average molecular weight is 518 g/mol. The molecule has 0 aliphatic carbocycles. The zero-order valence-corrected chi connectivity index (χ0v) is 19.8. The number of hydrogen-bond acceptors (Lipinski definition) is 8. The third-order valence-electron chi connectivity index (χ3n) is 4.83. The van der Waals surface area contributed by atoms with Gasteiger partial charge in [0.1, 0.15) is 22.9 Å². The fourth-order valence-corrected chi connectivity index (χ4v) is 3.07. The standard InChI is InChI=1S/C26H22N4O8/c31-23(19(15-17-5-1-11-35-17)29-25(33)21-7-3-13-37-21)27-9-10-28-24(32)20(16-18-6-2-12-36-18)30-26(34)22-8-4-14-38-22/h1-8,11-16H,9-10H2,(H,27,31)(H,28,32)(H,29,33)(H,30,34)/b19-15+,20-16+. The fourth-order valence-electron chi connectivity index (χ4n) is 3.07. The largest absolute Gasteiger partial charge is 0.465 e. The van der Waals surface area contributed by atoms with Crippen LogP contribution in [0.15, 0.2) is 103 Å². The van der Waals surface area contributed by atoms with Crippen molar-refractivity contribution >= 4 is 35.8 Å². The van der Waals surface area contributed by atoms with Crippen LogP contribution in [0.1, 0.15) is 32.6 Å². The number of carbonyl (C=O) groups is 4. The predicted octanol–water partition coefficient (Wildman–Crippen LogP) is 2.53. The maximum Gasteiger partial charge on any atom is 0.291 e. The zero-order chi connectivity index (χ0) is 26.7. The molecule has 4 rings (SSSR count). The second-order valence-electron chi connectivity index (χ2n) is 7.52. The van der Waals surface area contributed by atoms with E-state index in [9.17, 15) is 19.2 Å². The first-order chi connectivity index (χ1) is 18.5. The van der Waals surface area contributed by atoms with E-state index in [1.54, 1.807) is 36.4 Å². The second kappa shape index (κ2) is 12.4. The highest BCUT2D eigenvalue weighted by Crippen LogP contribution is 2.09. The predicted molar refractivity (Wildman–Crippen MR) is 132 cm³/mol. The second-order valence-corrected chi connectivity index (χ2v) is 7.52. The topological polar surface area (TPSA) is 169 Å². The summed E-state index contributed by atoms with van der Waals surface area (Å²) in [4.78, 5) is 50.3. The van der Waals surface area contributed by atoms with Crippen LogP contribution in [0.4, 0.5) is 0 Å². The molecule has 0 atom stereocenters. The van der Waals surface area contributed by atoms with Crippen LogP contribution >= 0.6 is 0 Å². The van der Waals surface area contributed by atoms with Crippen molar-refractivity contribution in [1.29, 1.82) is 0 Å². The normalized spacial score (nSPS) is 11.6. The molecule has 0 spiro atoms. The van der Waals surface area contributed by atoms with Crippen LogP contribution in [0.2, 0.25) is 0 Å². The first-order valence-corrected chi connectivity index (χ1v) is 11.3. The molecular weight excluding hydrogens is 496 g/mol. The number of hydrogen-bond donors (Lipinski definition) is 4. The van der Waals surface area contributed by atoms with Gasteiger partial charge in [-0.15, -0.1) is 0 Å². The van der Waals surface area contributed by atoms with Gasteiger partial charge in [0, 0.05) is 25.2 Å². The van der Waals surface area contributed by atoms with Gasteiger partial charge >= 0.3 is 0 Å². The van der Waals surface area contributed by atoms with Gasteiger partial charge in [0.25, 0.3) is 23.6 Å². The molecule has 4 amide bonds. The van der Waals surface area contributed by atoms with Crippen molar-refractivity contribution in [2.45, 2.75) is 0 Å². The Balaban J connectivity index is 1.35. The van der Waals surface area contributed by atoms with Crippen molar-refractivity contribution in [3.8, 4) is 0 Å². The Labute approximate surface area is 215 Å². The molecule has 0 saturated heterocycles. The Hall–Kier alpha value is -5.52. The molecule has 4 aromatic heterocycles. The molecule has 12 nitrogen and oxygen atoms in total. The van der Waals surface area contributed by atoms with Gasteiger partial charge in [0.2, 0.25) is 0 Å². The molecule has 0 saturated carbocycles. The lowest BCUT2D eigenvalue weighted by molar-refractivity contribution is -0.119. The van der Waals surface area contributed by atoms with Gasteiger partial charge in [-0.25, -0.2) is 0 Å². The summed E-state index contributed by atoms with van der Waals surface area (Å²) in [5.41, 5.74) is -0.200. The zero-order valence-electron chi connectivity index (χ0n) is 19.8. The summed E-state index contributed by atoms with van der Waals surface area (Å²) >= 11 is 0. The van der Waals surface area contributed by atoms with Gasteiger partial charge in [0.15, 0.2) is 11.5 Å². The lowest BCUT2D eigenvalue weighted by Crippen LogP contribution is -2.41. The van der Waals surface area contributed by atoms with Crippen molar-refractivity contribution in [3.63, 3.8) is 0 Å². The first kappa shape index (κ1) is 25.6. The molecule has 0 radical (unpaired) electrons. The Kier molecular flexibility index (Phi) is 8.37. The smallest absolute Gasteiger partial charge is 0.291 e. The molecule has 4 heterocycles. The van der Waals surface area contributed by atoms with E-state index in [2.05, 4.69) is 21.3 Å². The van der Waals surface area contributed by atoms with Crippen LogP contribution in [0.3, 0.4) is 0 Å². The molecule has 0 aromatic carbocycles. The average Bonchev–Trinajstić information content (AvgIpc) is 3.73. The third-order valence-corrected chi connectivity index (χ3v) is 4.83. The molecule has 12 heteroatoms. The van der Waals surface area contributed by atoms with Crippen LogP contribution in [0, 0.1) is 0 Å². The molecule has 4 aromatic rings. The number of nitrogens with one attached hydrogen (secondary N) is 4. The molecule has 0 unspecified atom stereocenters. The Morgan fingerprint density at radius 3 is 1.32 bits per heavy atom.